The van der Waals surface area contributed by atoms with Crippen LogP contribution in [0.25, 0.3) is 0 Å². The van der Waals surface area contributed by atoms with Crippen LogP contribution in [0.2, 0.25) is 0 Å². The molecule has 0 bridgehead atoms. The zero-order chi connectivity index (χ0) is 19.7. The molecule has 0 fully saturated rings. The van der Waals surface area contributed by atoms with Gasteiger partial charge in [-0.2, -0.15) is 0 Å². The first-order chi connectivity index (χ1) is 12.2. The van der Waals surface area contributed by atoms with Gasteiger partial charge in [-0.3, -0.25) is 10.6 Å². The average molecular weight is 399 g/mol. The molecular formula is C16H22N4O4S2. The van der Waals surface area contributed by atoms with Crippen LogP contribution in [0.1, 0.15) is 27.7 Å². The molecule has 0 aliphatic heterocycles. The van der Waals surface area contributed by atoms with Crippen molar-refractivity contribution in [1.29, 1.82) is 0 Å². The molecule has 1 rings (SSSR count). The summed E-state index contributed by atoms with van der Waals surface area (Å²) >= 11 is 10.2. The first kappa shape index (κ1) is 21.6. The van der Waals surface area contributed by atoms with E-state index in [1.54, 1.807) is 52.0 Å². The Morgan fingerprint density at radius 3 is 1.46 bits per heavy atom. The molecule has 0 saturated carbocycles. The number of rotatable bonds is 4. The molecular weight excluding hydrogens is 376 g/mol. The van der Waals surface area contributed by atoms with Gasteiger partial charge in [0.15, 0.2) is 10.2 Å². The highest BCUT2D eigenvalue weighted by Crippen LogP contribution is 2.20. The molecule has 8 nitrogen and oxygen atoms in total. The van der Waals surface area contributed by atoms with Gasteiger partial charge in [0.1, 0.15) is 0 Å². The standard InChI is InChI=1S/C16H22N4O4S2/c1-9(2)23-15(21)19-13(25)17-11-7-5-6-8-12(11)18-14(26)20-16(22)24-10(3)4/h5-10H,1-4H3,(H2,17,19,21,25)(H2,18,20,22,26). The number of benzene rings is 1. The maximum atomic E-state index is 11.6. The Kier molecular flexibility index (Phi) is 8.73. The van der Waals surface area contributed by atoms with Crippen molar-refractivity contribution in [2.24, 2.45) is 0 Å². The first-order valence-electron chi connectivity index (χ1n) is 7.83. The van der Waals surface area contributed by atoms with Gasteiger partial charge in [-0.25, -0.2) is 9.59 Å². The second kappa shape index (κ2) is 10.5. The predicted octanol–water partition coefficient (Wildman–Crippen LogP) is 3.35. The summed E-state index contributed by atoms with van der Waals surface area (Å²) in [6, 6.07) is 6.98. The van der Waals surface area contributed by atoms with E-state index < -0.39 is 12.2 Å². The Bertz CT molecular complexity index is 623. The third-order valence-electron chi connectivity index (χ3n) is 2.54. The van der Waals surface area contributed by atoms with E-state index in [0.29, 0.717) is 11.4 Å². The SMILES string of the molecule is CC(C)OC(=O)NC(=S)Nc1ccccc1NC(=S)NC(=O)OC(C)C. The number of para-hydroxylation sites is 2. The highest BCUT2D eigenvalue weighted by Gasteiger charge is 2.12. The van der Waals surface area contributed by atoms with E-state index in [4.69, 9.17) is 33.9 Å². The van der Waals surface area contributed by atoms with Crippen LogP contribution in [-0.4, -0.2) is 34.6 Å². The van der Waals surface area contributed by atoms with E-state index in [9.17, 15) is 9.59 Å². The van der Waals surface area contributed by atoms with Gasteiger partial charge in [0.2, 0.25) is 0 Å². The fourth-order valence-corrected chi connectivity index (χ4v) is 2.07. The van der Waals surface area contributed by atoms with Gasteiger partial charge in [0.05, 0.1) is 23.6 Å². The normalized spacial score (nSPS) is 10.1. The van der Waals surface area contributed by atoms with E-state index in [1.807, 2.05) is 0 Å². The number of carbonyl (C=O) groups excluding carboxylic acids is 2. The van der Waals surface area contributed by atoms with Crippen LogP contribution in [-0.2, 0) is 9.47 Å². The third-order valence-corrected chi connectivity index (χ3v) is 2.95. The van der Waals surface area contributed by atoms with E-state index in [-0.39, 0.29) is 22.4 Å². The summed E-state index contributed by atoms with van der Waals surface area (Å²) in [6.45, 7) is 6.92. The van der Waals surface area contributed by atoms with Crippen molar-refractivity contribution in [3.63, 3.8) is 0 Å². The van der Waals surface area contributed by atoms with Crippen LogP contribution in [0, 0.1) is 0 Å². The number of thiocarbonyl (C=S) groups is 2. The summed E-state index contributed by atoms with van der Waals surface area (Å²) in [5.74, 6) is 0. The number of amides is 2. The zero-order valence-corrected chi connectivity index (χ0v) is 16.5. The van der Waals surface area contributed by atoms with Gasteiger partial charge in [-0.15, -0.1) is 0 Å². The smallest absolute Gasteiger partial charge is 0.413 e. The molecule has 0 aliphatic rings. The summed E-state index contributed by atoms with van der Waals surface area (Å²) in [5.41, 5.74) is 1.09. The Balaban J connectivity index is 2.67. The molecule has 0 radical (unpaired) electrons. The van der Waals surface area contributed by atoms with Crippen molar-refractivity contribution < 1.29 is 19.1 Å². The van der Waals surface area contributed by atoms with E-state index >= 15 is 0 Å². The zero-order valence-electron chi connectivity index (χ0n) is 14.9. The average Bonchev–Trinajstić information content (AvgIpc) is 2.46. The molecule has 2 amide bonds. The number of anilines is 2. The maximum Gasteiger partial charge on any atom is 0.413 e. The number of nitrogens with one attached hydrogen (secondary N) is 4. The molecule has 142 valence electrons. The lowest BCUT2D eigenvalue weighted by atomic mass is 10.2. The van der Waals surface area contributed by atoms with Crippen LogP contribution < -0.4 is 21.3 Å². The third kappa shape index (κ3) is 8.58. The molecule has 1 aromatic carbocycles. The minimum Gasteiger partial charge on any atom is -0.447 e. The number of hydrogen-bond donors (Lipinski definition) is 4. The fraction of sp³-hybridized carbons (Fsp3) is 0.375. The summed E-state index contributed by atoms with van der Waals surface area (Å²) in [6.07, 6.45) is -1.84. The number of carbonyl (C=O) groups is 2. The fourth-order valence-electron chi connectivity index (χ4n) is 1.68. The summed E-state index contributed by atoms with van der Waals surface area (Å²) in [7, 11) is 0. The molecule has 0 atom stereocenters. The monoisotopic (exact) mass is 398 g/mol. The molecule has 0 spiro atoms. The van der Waals surface area contributed by atoms with Crippen LogP contribution in [0.3, 0.4) is 0 Å². The van der Waals surface area contributed by atoms with Gasteiger partial charge in [0.25, 0.3) is 0 Å². The van der Waals surface area contributed by atoms with Crippen LogP contribution in [0.5, 0.6) is 0 Å². The Morgan fingerprint density at radius 1 is 0.808 bits per heavy atom. The van der Waals surface area contributed by atoms with Crippen molar-refractivity contribution in [1.82, 2.24) is 10.6 Å². The van der Waals surface area contributed by atoms with Crippen molar-refractivity contribution in [2.75, 3.05) is 10.6 Å². The van der Waals surface area contributed by atoms with Gasteiger partial charge in [0, 0.05) is 0 Å². The lowest BCUT2D eigenvalue weighted by Crippen LogP contribution is -2.37. The topological polar surface area (TPSA) is 101 Å². The Morgan fingerprint density at radius 2 is 1.15 bits per heavy atom. The minimum atomic E-state index is -0.656. The predicted molar refractivity (Wildman–Crippen MR) is 108 cm³/mol. The lowest BCUT2D eigenvalue weighted by Gasteiger charge is -2.16. The maximum absolute atomic E-state index is 11.6. The first-order valence-corrected chi connectivity index (χ1v) is 8.65. The van der Waals surface area contributed by atoms with Crippen molar-refractivity contribution in [3.05, 3.63) is 24.3 Å². The highest BCUT2D eigenvalue weighted by molar-refractivity contribution is 7.80. The molecule has 0 aromatic heterocycles. The van der Waals surface area contributed by atoms with E-state index in [0.717, 1.165) is 0 Å². The minimum absolute atomic E-state index is 0.0583. The Hall–Kier alpha value is -2.46. The number of hydrogen-bond acceptors (Lipinski definition) is 6. The van der Waals surface area contributed by atoms with E-state index in [2.05, 4.69) is 21.3 Å². The molecule has 26 heavy (non-hydrogen) atoms. The summed E-state index contributed by atoms with van der Waals surface area (Å²) in [5, 5.41) is 10.6. The van der Waals surface area contributed by atoms with Crippen LogP contribution >= 0.6 is 24.4 Å². The molecule has 0 unspecified atom stereocenters. The number of alkyl carbamates (subject to hydrolysis) is 2. The second-order valence-corrected chi connectivity index (χ2v) is 6.43. The molecule has 0 heterocycles. The second-order valence-electron chi connectivity index (χ2n) is 5.61. The summed E-state index contributed by atoms with van der Waals surface area (Å²) < 4.78 is 9.91. The molecule has 1 aromatic rings. The molecule has 0 saturated heterocycles. The molecule has 10 heteroatoms. The van der Waals surface area contributed by atoms with E-state index in [1.165, 1.54) is 0 Å². The van der Waals surface area contributed by atoms with Crippen molar-refractivity contribution >= 4 is 58.2 Å². The van der Waals surface area contributed by atoms with Gasteiger partial charge in [-0.05, 0) is 64.3 Å². The summed E-state index contributed by atoms with van der Waals surface area (Å²) in [4.78, 5) is 23.1. The van der Waals surface area contributed by atoms with Crippen LogP contribution in [0.4, 0.5) is 21.0 Å². The van der Waals surface area contributed by atoms with Crippen molar-refractivity contribution in [3.8, 4) is 0 Å². The quantitative estimate of drug-likeness (QED) is 0.573. The van der Waals surface area contributed by atoms with Gasteiger partial charge in [-0.1, -0.05) is 12.1 Å². The van der Waals surface area contributed by atoms with Crippen LogP contribution in [0.15, 0.2) is 24.3 Å². The highest BCUT2D eigenvalue weighted by atomic mass is 32.1. The number of ether oxygens (including phenoxy) is 2. The lowest BCUT2D eigenvalue weighted by molar-refractivity contribution is 0.119. The van der Waals surface area contributed by atoms with Crippen molar-refractivity contribution in [2.45, 2.75) is 39.9 Å². The van der Waals surface area contributed by atoms with Gasteiger partial charge >= 0.3 is 12.2 Å². The largest absolute Gasteiger partial charge is 0.447 e. The molecule has 4 N–H and O–H groups in total. The van der Waals surface area contributed by atoms with Gasteiger partial charge < -0.3 is 20.1 Å². The molecule has 0 aliphatic carbocycles. The Labute approximate surface area is 163 Å².